The van der Waals surface area contributed by atoms with Gasteiger partial charge >= 0.3 is 6.03 Å². The van der Waals surface area contributed by atoms with Crippen LogP contribution in [0.25, 0.3) is 11.0 Å². The number of nitrogens with one attached hydrogen (secondary N) is 2. The number of hydrogen-bond acceptors (Lipinski definition) is 4. The molecule has 4 rings (SSSR count). The summed E-state index contributed by atoms with van der Waals surface area (Å²) in [5, 5.41) is 5.67. The van der Waals surface area contributed by atoms with Crippen molar-refractivity contribution in [3.8, 4) is 0 Å². The SMILES string of the molecule is CCCn1c(NC(=O)CN2C(=O)NC3(CCC(CC)CC3)C2=O)nc2ccccc21. The first-order chi connectivity index (χ1) is 14.5. The molecule has 1 aliphatic heterocycles. The Labute approximate surface area is 176 Å². The highest BCUT2D eigenvalue weighted by atomic mass is 16.2. The molecule has 0 unspecified atom stereocenters. The number of carbonyl (C=O) groups is 3. The van der Waals surface area contributed by atoms with Gasteiger partial charge in [-0.1, -0.05) is 32.4 Å². The van der Waals surface area contributed by atoms with Crippen LogP contribution in [-0.4, -0.2) is 44.4 Å². The van der Waals surface area contributed by atoms with E-state index in [-0.39, 0.29) is 12.5 Å². The van der Waals surface area contributed by atoms with E-state index in [1.54, 1.807) is 0 Å². The topological polar surface area (TPSA) is 96.3 Å². The quantitative estimate of drug-likeness (QED) is 0.713. The summed E-state index contributed by atoms with van der Waals surface area (Å²) in [6.07, 6.45) is 5.09. The van der Waals surface area contributed by atoms with Gasteiger partial charge in [-0.3, -0.25) is 19.8 Å². The van der Waals surface area contributed by atoms with Crippen LogP contribution in [0.4, 0.5) is 10.7 Å². The van der Waals surface area contributed by atoms with E-state index < -0.39 is 17.5 Å². The maximum absolute atomic E-state index is 13.0. The molecule has 1 saturated heterocycles. The highest BCUT2D eigenvalue weighted by Gasteiger charge is 2.52. The predicted octanol–water partition coefficient (Wildman–Crippen LogP) is 3.28. The molecule has 1 aromatic carbocycles. The van der Waals surface area contributed by atoms with Crippen LogP contribution >= 0.6 is 0 Å². The zero-order valence-electron chi connectivity index (χ0n) is 17.6. The number of para-hydroxylation sites is 2. The van der Waals surface area contributed by atoms with Crippen molar-refractivity contribution in [1.29, 1.82) is 0 Å². The van der Waals surface area contributed by atoms with Gasteiger partial charge in [-0.05, 0) is 50.2 Å². The van der Waals surface area contributed by atoms with Crippen molar-refractivity contribution in [3.05, 3.63) is 24.3 Å². The fraction of sp³-hybridized carbons (Fsp3) is 0.545. The molecule has 30 heavy (non-hydrogen) atoms. The maximum Gasteiger partial charge on any atom is 0.325 e. The molecule has 1 saturated carbocycles. The van der Waals surface area contributed by atoms with Gasteiger partial charge < -0.3 is 9.88 Å². The van der Waals surface area contributed by atoms with Crippen LogP contribution in [0, 0.1) is 5.92 Å². The van der Waals surface area contributed by atoms with Gasteiger partial charge in [0.25, 0.3) is 5.91 Å². The van der Waals surface area contributed by atoms with E-state index in [2.05, 4.69) is 29.5 Å². The highest BCUT2D eigenvalue weighted by Crippen LogP contribution is 2.37. The third kappa shape index (κ3) is 3.55. The van der Waals surface area contributed by atoms with Crippen LogP contribution in [0.2, 0.25) is 0 Å². The Bertz CT molecular complexity index is 974. The maximum atomic E-state index is 13.0. The predicted molar refractivity (Wildman–Crippen MR) is 114 cm³/mol. The molecule has 0 atom stereocenters. The van der Waals surface area contributed by atoms with Crippen LogP contribution in [0.5, 0.6) is 0 Å². The molecular weight excluding hydrogens is 382 g/mol. The molecule has 1 aliphatic carbocycles. The summed E-state index contributed by atoms with van der Waals surface area (Å²) in [4.78, 5) is 43.8. The molecule has 4 amide bonds. The summed E-state index contributed by atoms with van der Waals surface area (Å²) in [5.74, 6) is 0.335. The van der Waals surface area contributed by atoms with Gasteiger partial charge in [0.15, 0.2) is 0 Å². The van der Waals surface area contributed by atoms with Crippen LogP contribution in [0.3, 0.4) is 0 Å². The van der Waals surface area contributed by atoms with Crippen molar-refractivity contribution in [2.24, 2.45) is 5.92 Å². The summed E-state index contributed by atoms with van der Waals surface area (Å²) in [7, 11) is 0. The van der Waals surface area contributed by atoms with Crippen molar-refractivity contribution < 1.29 is 14.4 Å². The summed E-state index contributed by atoms with van der Waals surface area (Å²) < 4.78 is 1.95. The molecule has 2 aromatic rings. The number of benzene rings is 1. The van der Waals surface area contributed by atoms with Gasteiger partial charge in [0.1, 0.15) is 12.1 Å². The summed E-state index contributed by atoms with van der Waals surface area (Å²) in [6, 6.07) is 7.21. The minimum Gasteiger partial charge on any atom is -0.323 e. The van der Waals surface area contributed by atoms with Crippen molar-refractivity contribution >= 4 is 34.8 Å². The van der Waals surface area contributed by atoms with Crippen molar-refractivity contribution in [1.82, 2.24) is 19.8 Å². The Morgan fingerprint density at radius 2 is 1.97 bits per heavy atom. The third-order valence-electron chi connectivity index (χ3n) is 6.44. The second kappa shape index (κ2) is 8.08. The summed E-state index contributed by atoms with van der Waals surface area (Å²) in [6.45, 7) is 4.61. The van der Waals surface area contributed by atoms with E-state index in [1.807, 2.05) is 28.8 Å². The number of urea groups is 1. The Kier molecular flexibility index (Phi) is 5.49. The number of amides is 4. The molecule has 8 heteroatoms. The number of aromatic nitrogens is 2. The number of imidazole rings is 1. The number of anilines is 1. The fourth-order valence-corrected chi connectivity index (χ4v) is 4.67. The molecule has 0 bridgehead atoms. The molecule has 2 heterocycles. The molecule has 0 radical (unpaired) electrons. The van der Waals surface area contributed by atoms with Crippen LogP contribution in [0.15, 0.2) is 24.3 Å². The lowest BCUT2D eigenvalue weighted by Gasteiger charge is -2.34. The third-order valence-corrected chi connectivity index (χ3v) is 6.44. The normalized spacial score (nSPS) is 23.9. The number of carbonyl (C=O) groups excluding carboxylic acids is 3. The molecule has 1 aromatic heterocycles. The van der Waals surface area contributed by atoms with E-state index in [0.717, 1.165) is 41.6 Å². The van der Waals surface area contributed by atoms with Gasteiger partial charge in [0, 0.05) is 6.54 Å². The number of rotatable bonds is 6. The second-order valence-electron chi connectivity index (χ2n) is 8.38. The first-order valence-electron chi connectivity index (χ1n) is 10.9. The minimum absolute atomic E-state index is 0.278. The second-order valence-corrected chi connectivity index (χ2v) is 8.38. The van der Waals surface area contributed by atoms with Crippen LogP contribution < -0.4 is 10.6 Å². The van der Waals surface area contributed by atoms with E-state index in [1.165, 1.54) is 0 Å². The van der Waals surface area contributed by atoms with E-state index in [9.17, 15) is 14.4 Å². The smallest absolute Gasteiger partial charge is 0.323 e. The fourth-order valence-electron chi connectivity index (χ4n) is 4.67. The standard InChI is InChI=1S/C22H29N5O3/c1-3-13-26-17-8-6-5-7-16(17)23-20(26)24-18(28)14-27-19(29)22(25-21(27)30)11-9-15(4-2)10-12-22/h5-8,15H,3-4,9-14H2,1-2H3,(H,25,30)(H,23,24,28). The van der Waals surface area contributed by atoms with Crippen LogP contribution in [0.1, 0.15) is 52.4 Å². The number of aryl methyl sites for hydroxylation is 1. The van der Waals surface area contributed by atoms with Crippen molar-refractivity contribution in [2.75, 3.05) is 11.9 Å². The van der Waals surface area contributed by atoms with E-state index in [4.69, 9.17) is 0 Å². The van der Waals surface area contributed by atoms with Gasteiger partial charge in [0.2, 0.25) is 11.9 Å². The molecule has 2 N–H and O–H groups in total. The van der Waals surface area contributed by atoms with Gasteiger partial charge in [-0.25, -0.2) is 9.78 Å². The highest BCUT2D eigenvalue weighted by molar-refractivity contribution is 6.10. The zero-order valence-corrected chi connectivity index (χ0v) is 17.6. The Balaban J connectivity index is 1.47. The lowest BCUT2D eigenvalue weighted by atomic mass is 9.75. The first-order valence-corrected chi connectivity index (χ1v) is 10.9. The van der Waals surface area contributed by atoms with Gasteiger partial charge in [-0.2, -0.15) is 0 Å². The largest absolute Gasteiger partial charge is 0.325 e. The monoisotopic (exact) mass is 411 g/mol. The number of fused-ring (bicyclic) bond motifs is 1. The van der Waals surface area contributed by atoms with Gasteiger partial charge in [0.05, 0.1) is 11.0 Å². The van der Waals surface area contributed by atoms with E-state index >= 15 is 0 Å². The Hall–Kier alpha value is -2.90. The summed E-state index contributed by atoms with van der Waals surface area (Å²) in [5.41, 5.74) is 0.900. The molecule has 1 spiro atoms. The molecule has 160 valence electrons. The van der Waals surface area contributed by atoms with Crippen LogP contribution in [-0.2, 0) is 16.1 Å². The molecule has 2 aliphatic rings. The number of nitrogens with zero attached hydrogens (tertiary/aromatic N) is 3. The Morgan fingerprint density at radius 3 is 2.67 bits per heavy atom. The molecule has 8 nitrogen and oxygen atoms in total. The summed E-state index contributed by atoms with van der Waals surface area (Å²) >= 11 is 0. The average molecular weight is 412 g/mol. The average Bonchev–Trinajstić information content (AvgIpc) is 3.19. The van der Waals surface area contributed by atoms with Crippen molar-refractivity contribution in [3.63, 3.8) is 0 Å². The number of hydrogen-bond donors (Lipinski definition) is 2. The lowest BCUT2D eigenvalue weighted by molar-refractivity contribution is -0.135. The molecular formula is C22H29N5O3. The van der Waals surface area contributed by atoms with Crippen molar-refractivity contribution in [2.45, 2.75) is 64.5 Å². The minimum atomic E-state index is -0.835. The zero-order chi connectivity index (χ0) is 21.3. The molecule has 2 fully saturated rings. The lowest BCUT2D eigenvalue weighted by Crippen LogP contribution is -2.49. The first kappa shape index (κ1) is 20.4. The number of imide groups is 1. The Morgan fingerprint density at radius 1 is 1.23 bits per heavy atom. The van der Waals surface area contributed by atoms with E-state index in [0.29, 0.717) is 31.3 Å². The van der Waals surface area contributed by atoms with Gasteiger partial charge in [-0.15, -0.1) is 0 Å².